The van der Waals surface area contributed by atoms with Gasteiger partial charge in [-0.2, -0.15) is 10.1 Å². The molecular weight excluding hydrogens is 340 g/mol. The van der Waals surface area contributed by atoms with E-state index in [1.807, 2.05) is 60.1 Å². The smallest absolute Gasteiger partial charge is 0.278 e. The molecule has 0 saturated heterocycles. The molecular formula is C21H18N4O2. The monoisotopic (exact) mass is 358 g/mol. The van der Waals surface area contributed by atoms with Crippen LogP contribution in [-0.2, 0) is 17.9 Å². The van der Waals surface area contributed by atoms with Gasteiger partial charge in [-0.1, -0.05) is 59.3 Å². The Labute approximate surface area is 156 Å². The van der Waals surface area contributed by atoms with Gasteiger partial charge in [0.1, 0.15) is 6.10 Å². The fourth-order valence-electron chi connectivity index (χ4n) is 3.33. The highest BCUT2D eigenvalue weighted by Gasteiger charge is 2.24. The van der Waals surface area contributed by atoms with Crippen molar-refractivity contribution in [2.45, 2.75) is 26.2 Å². The number of hydrogen-bond acceptors (Lipinski definition) is 5. The Morgan fingerprint density at radius 1 is 1.04 bits per heavy atom. The Kier molecular flexibility index (Phi) is 3.83. The van der Waals surface area contributed by atoms with Gasteiger partial charge in [0, 0.05) is 5.56 Å². The van der Waals surface area contributed by atoms with Crippen molar-refractivity contribution in [3.8, 4) is 23.0 Å². The van der Waals surface area contributed by atoms with E-state index in [1.54, 1.807) is 0 Å². The summed E-state index contributed by atoms with van der Waals surface area (Å²) in [6.45, 7) is 3.21. The van der Waals surface area contributed by atoms with Crippen LogP contribution in [0.1, 0.15) is 22.9 Å². The largest absolute Gasteiger partial charge is 0.365 e. The molecule has 4 aromatic rings. The van der Waals surface area contributed by atoms with Gasteiger partial charge in [0.05, 0.1) is 18.8 Å². The maximum atomic E-state index is 6.00. The second-order valence-electron chi connectivity index (χ2n) is 6.71. The Morgan fingerprint density at radius 2 is 1.93 bits per heavy atom. The fourth-order valence-corrected chi connectivity index (χ4v) is 3.33. The van der Waals surface area contributed by atoms with Crippen LogP contribution in [-0.4, -0.2) is 19.9 Å². The average Bonchev–Trinajstić information content (AvgIpc) is 3.35. The van der Waals surface area contributed by atoms with Gasteiger partial charge in [-0.15, -0.1) is 0 Å². The van der Waals surface area contributed by atoms with Crippen LogP contribution in [0, 0.1) is 6.92 Å². The highest BCUT2D eigenvalue weighted by Crippen LogP contribution is 2.29. The first-order chi connectivity index (χ1) is 13.3. The first kappa shape index (κ1) is 16.0. The van der Waals surface area contributed by atoms with Gasteiger partial charge in [-0.25, -0.2) is 0 Å². The first-order valence-corrected chi connectivity index (χ1v) is 8.91. The summed E-state index contributed by atoms with van der Waals surface area (Å²) in [6.07, 6.45) is -0.00279. The topological polar surface area (TPSA) is 66.0 Å². The molecule has 2 aromatic carbocycles. The number of aromatic nitrogens is 4. The van der Waals surface area contributed by atoms with Crippen molar-refractivity contribution in [2.24, 2.45) is 0 Å². The standard InChI is InChI=1S/C21H18N4O2/c1-14-6-5-9-16(10-14)20-22-21(27-24-20)18-11-17-13-26-19(12-25(17)23-18)15-7-3-2-4-8-15/h2-11,19H,12-13H2,1H3/t19-/m1/s1. The number of rotatable bonds is 3. The summed E-state index contributed by atoms with van der Waals surface area (Å²) in [4.78, 5) is 4.52. The molecule has 1 aliphatic rings. The summed E-state index contributed by atoms with van der Waals surface area (Å²) in [5, 5.41) is 8.77. The summed E-state index contributed by atoms with van der Waals surface area (Å²) in [7, 11) is 0. The summed E-state index contributed by atoms with van der Waals surface area (Å²) in [5.74, 6) is 0.989. The number of fused-ring (bicyclic) bond motifs is 1. The zero-order valence-electron chi connectivity index (χ0n) is 14.9. The van der Waals surface area contributed by atoms with E-state index in [0.717, 1.165) is 22.4 Å². The van der Waals surface area contributed by atoms with Crippen molar-refractivity contribution in [1.82, 2.24) is 19.9 Å². The fraction of sp³-hybridized carbons (Fsp3) is 0.190. The molecule has 1 aliphatic heterocycles. The lowest BCUT2D eigenvalue weighted by Crippen LogP contribution is -2.21. The minimum atomic E-state index is -0.00279. The lowest BCUT2D eigenvalue weighted by atomic mass is 10.1. The molecule has 0 amide bonds. The molecule has 3 heterocycles. The lowest BCUT2D eigenvalue weighted by Gasteiger charge is -2.24. The van der Waals surface area contributed by atoms with Gasteiger partial charge in [0.15, 0.2) is 5.69 Å². The van der Waals surface area contributed by atoms with Crippen molar-refractivity contribution in [2.75, 3.05) is 0 Å². The van der Waals surface area contributed by atoms with Crippen molar-refractivity contribution < 1.29 is 9.26 Å². The molecule has 5 rings (SSSR count). The van der Waals surface area contributed by atoms with Gasteiger partial charge >= 0.3 is 0 Å². The predicted molar refractivity (Wildman–Crippen MR) is 99.7 cm³/mol. The van der Waals surface area contributed by atoms with E-state index in [2.05, 4.69) is 27.4 Å². The summed E-state index contributed by atoms with van der Waals surface area (Å²) < 4.78 is 13.4. The van der Waals surface area contributed by atoms with E-state index in [9.17, 15) is 0 Å². The van der Waals surface area contributed by atoms with Gasteiger partial charge in [-0.05, 0) is 24.6 Å². The highest BCUT2D eigenvalue weighted by molar-refractivity contribution is 5.58. The number of hydrogen-bond donors (Lipinski definition) is 0. The molecule has 0 N–H and O–H groups in total. The number of ether oxygens (including phenoxy) is 1. The van der Waals surface area contributed by atoms with E-state index in [0.29, 0.717) is 30.6 Å². The molecule has 0 aliphatic carbocycles. The zero-order chi connectivity index (χ0) is 18.2. The van der Waals surface area contributed by atoms with Crippen LogP contribution >= 0.6 is 0 Å². The van der Waals surface area contributed by atoms with Gasteiger partial charge in [0.2, 0.25) is 5.82 Å². The highest BCUT2D eigenvalue weighted by atomic mass is 16.5. The molecule has 0 radical (unpaired) electrons. The quantitative estimate of drug-likeness (QED) is 0.550. The van der Waals surface area contributed by atoms with Crippen LogP contribution in [0.4, 0.5) is 0 Å². The van der Waals surface area contributed by atoms with Crippen LogP contribution in [0.5, 0.6) is 0 Å². The van der Waals surface area contributed by atoms with Crippen LogP contribution in [0.2, 0.25) is 0 Å². The molecule has 6 heteroatoms. The van der Waals surface area contributed by atoms with E-state index in [4.69, 9.17) is 9.26 Å². The van der Waals surface area contributed by atoms with Crippen molar-refractivity contribution in [1.29, 1.82) is 0 Å². The Balaban J connectivity index is 1.41. The molecule has 0 unspecified atom stereocenters. The zero-order valence-corrected chi connectivity index (χ0v) is 14.9. The maximum Gasteiger partial charge on any atom is 0.278 e. The summed E-state index contributed by atoms with van der Waals surface area (Å²) in [6, 6.07) is 20.2. The molecule has 6 nitrogen and oxygen atoms in total. The predicted octanol–water partition coefficient (Wildman–Crippen LogP) is 4.18. The Bertz CT molecular complexity index is 1080. The minimum absolute atomic E-state index is 0.00279. The minimum Gasteiger partial charge on any atom is -0.365 e. The third kappa shape index (κ3) is 3.04. The number of benzene rings is 2. The molecule has 1 atom stereocenters. The first-order valence-electron chi connectivity index (χ1n) is 8.91. The van der Waals surface area contributed by atoms with E-state index < -0.39 is 0 Å². The summed E-state index contributed by atoms with van der Waals surface area (Å²) >= 11 is 0. The van der Waals surface area contributed by atoms with Crippen LogP contribution < -0.4 is 0 Å². The number of aryl methyl sites for hydroxylation is 1. The lowest BCUT2D eigenvalue weighted by molar-refractivity contribution is -0.00113. The second-order valence-corrected chi connectivity index (χ2v) is 6.71. The van der Waals surface area contributed by atoms with Gasteiger partial charge < -0.3 is 9.26 Å². The Morgan fingerprint density at radius 3 is 2.78 bits per heavy atom. The van der Waals surface area contributed by atoms with Crippen molar-refractivity contribution in [3.05, 3.63) is 77.5 Å². The molecule has 0 bridgehead atoms. The normalized spacial score (nSPS) is 16.3. The third-order valence-corrected chi connectivity index (χ3v) is 4.73. The number of nitrogens with zero attached hydrogens (tertiary/aromatic N) is 4. The molecule has 0 saturated carbocycles. The third-order valence-electron chi connectivity index (χ3n) is 4.73. The van der Waals surface area contributed by atoms with Gasteiger partial charge in [-0.3, -0.25) is 4.68 Å². The van der Waals surface area contributed by atoms with Crippen molar-refractivity contribution in [3.63, 3.8) is 0 Å². The van der Waals surface area contributed by atoms with Gasteiger partial charge in [0.25, 0.3) is 5.89 Å². The molecule has 0 spiro atoms. The molecule has 27 heavy (non-hydrogen) atoms. The molecule has 2 aromatic heterocycles. The second kappa shape index (κ2) is 6.48. The Hall–Kier alpha value is -3.25. The molecule has 134 valence electrons. The van der Waals surface area contributed by atoms with Crippen molar-refractivity contribution >= 4 is 0 Å². The SMILES string of the molecule is Cc1cccc(-c2noc(-c3cc4n(n3)C[C@H](c3ccccc3)OC4)n2)c1. The van der Waals surface area contributed by atoms with Crippen LogP contribution in [0.25, 0.3) is 23.0 Å². The maximum absolute atomic E-state index is 6.00. The average molecular weight is 358 g/mol. The summed E-state index contributed by atoms with van der Waals surface area (Å²) in [5.41, 5.74) is 4.92. The van der Waals surface area contributed by atoms with Crippen LogP contribution in [0.3, 0.4) is 0 Å². The van der Waals surface area contributed by atoms with E-state index in [-0.39, 0.29) is 6.10 Å². The van der Waals surface area contributed by atoms with E-state index >= 15 is 0 Å². The van der Waals surface area contributed by atoms with E-state index in [1.165, 1.54) is 0 Å². The van der Waals surface area contributed by atoms with Crippen LogP contribution in [0.15, 0.2) is 65.2 Å². The molecule has 0 fully saturated rings.